The number of pyridine rings is 1. The first kappa shape index (κ1) is 21.6. The molecule has 0 unspecified atom stereocenters. The van der Waals surface area contributed by atoms with Crippen molar-refractivity contribution >= 4 is 29.0 Å². The summed E-state index contributed by atoms with van der Waals surface area (Å²) in [6.07, 6.45) is 3.58. The van der Waals surface area contributed by atoms with Gasteiger partial charge < -0.3 is 10.2 Å². The topological polar surface area (TPSA) is 96.0 Å². The number of nitrogens with zero attached hydrogens (tertiary/aromatic N) is 5. The quantitative estimate of drug-likeness (QED) is 0.608. The summed E-state index contributed by atoms with van der Waals surface area (Å²) in [5.74, 6) is -0.300. The minimum absolute atomic E-state index is 0.0529. The maximum Gasteiger partial charge on any atom is 0.338 e. The number of nitrogens with one attached hydrogen (secondary N) is 1. The zero-order valence-electron chi connectivity index (χ0n) is 17.1. The summed E-state index contributed by atoms with van der Waals surface area (Å²) in [6, 6.07) is 7.69. The van der Waals surface area contributed by atoms with Gasteiger partial charge in [0.15, 0.2) is 0 Å². The van der Waals surface area contributed by atoms with Crippen LogP contribution in [0.5, 0.6) is 0 Å². The molecule has 11 heteroatoms. The van der Waals surface area contributed by atoms with Crippen molar-refractivity contribution < 1.29 is 4.39 Å². The van der Waals surface area contributed by atoms with Crippen molar-refractivity contribution in [1.29, 1.82) is 5.26 Å². The van der Waals surface area contributed by atoms with Crippen molar-refractivity contribution in [3.63, 3.8) is 0 Å². The molecule has 0 radical (unpaired) electrons. The average Bonchev–Trinajstić information content (AvgIpc) is 3.41. The number of rotatable bonds is 4. The van der Waals surface area contributed by atoms with Gasteiger partial charge in [0, 0.05) is 31.4 Å². The van der Waals surface area contributed by atoms with Crippen LogP contribution in [-0.2, 0) is 6.54 Å². The summed E-state index contributed by atoms with van der Waals surface area (Å²) in [5, 5.41) is 13.0. The largest absolute Gasteiger partial charge is 0.351 e. The zero-order chi connectivity index (χ0) is 23.3. The molecule has 1 N–H and O–H groups in total. The molecule has 3 aromatic rings. The standard InChI is InChI=1S/C22H17Cl2FN6O2/c23-13-6-16(9-27-8-13)31-21(32)19(12-1-2-18(25)17(24)5-12)20(29(4-3-26)22(31)33)30-11-14-7-15(30)10-28-14/h1-2,5-6,8-9,14-15,28H,4,7,10-11H2/t14-,15-/m1/s1. The summed E-state index contributed by atoms with van der Waals surface area (Å²) in [7, 11) is 0. The van der Waals surface area contributed by atoms with Crippen molar-refractivity contribution in [2.75, 3.05) is 18.0 Å². The van der Waals surface area contributed by atoms with E-state index < -0.39 is 17.1 Å². The lowest BCUT2D eigenvalue weighted by molar-refractivity contribution is 0.560. The van der Waals surface area contributed by atoms with E-state index in [1.54, 1.807) is 0 Å². The smallest absolute Gasteiger partial charge is 0.338 e. The molecule has 0 saturated carbocycles. The van der Waals surface area contributed by atoms with E-state index in [0.29, 0.717) is 24.5 Å². The van der Waals surface area contributed by atoms with Crippen molar-refractivity contribution in [3.05, 3.63) is 73.4 Å². The normalized spacial score (nSPS) is 19.2. The van der Waals surface area contributed by atoms with E-state index in [2.05, 4.69) is 10.3 Å². The first-order valence-electron chi connectivity index (χ1n) is 10.2. The molecule has 2 atom stereocenters. The molecule has 4 heterocycles. The summed E-state index contributed by atoms with van der Waals surface area (Å²) in [6.45, 7) is 0.974. The average molecular weight is 487 g/mol. The Morgan fingerprint density at radius 3 is 2.70 bits per heavy atom. The van der Waals surface area contributed by atoms with Crippen molar-refractivity contribution in [2.24, 2.45) is 0 Å². The maximum absolute atomic E-state index is 13.9. The predicted molar refractivity (Wildman–Crippen MR) is 123 cm³/mol. The Balaban J connectivity index is 1.88. The third-order valence-electron chi connectivity index (χ3n) is 6.03. The molecule has 2 saturated heterocycles. The highest BCUT2D eigenvalue weighted by Gasteiger charge is 2.41. The summed E-state index contributed by atoms with van der Waals surface area (Å²) in [4.78, 5) is 33.4. The van der Waals surface area contributed by atoms with E-state index >= 15 is 0 Å². The Morgan fingerprint density at radius 1 is 1.24 bits per heavy atom. The summed E-state index contributed by atoms with van der Waals surface area (Å²) in [5.41, 5.74) is -0.665. The third kappa shape index (κ3) is 3.60. The second-order valence-electron chi connectivity index (χ2n) is 8.00. The van der Waals surface area contributed by atoms with Crippen LogP contribution in [0.1, 0.15) is 6.42 Å². The Morgan fingerprint density at radius 2 is 2.06 bits per heavy atom. The molecule has 2 aliphatic heterocycles. The first-order valence-corrected chi connectivity index (χ1v) is 11.0. The van der Waals surface area contributed by atoms with Crippen molar-refractivity contribution in [1.82, 2.24) is 19.4 Å². The molecule has 8 nitrogen and oxygen atoms in total. The van der Waals surface area contributed by atoms with E-state index in [9.17, 15) is 19.2 Å². The van der Waals surface area contributed by atoms with E-state index in [1.165, 1.54) is 41.2 Å². The molecule has 2 aromatic heterocycles. The molecule has 33 heavy (non-hydrogen) atoms. The van der Waals surface area contributed by atoms with Crippen LogP contribution in [0.4, 0.5) is 10.2 Å². The molecule has 0 amide bonds. The number of aromatic nitrogens is 3. The Kier molecular flexibility index (Phi) is 5.44. The monoisotopic (exact) mass is 486 g/mol. The van der Waals surface area contributed by atoms with Crippen molar-refractivity contribution in [3.8, 4) is 22.9 Å². The first-order chi connectivity index (χ1) is 15.9. The molecule has 2 bridgehead atoms. The Bertz CT molecular complexity index is 1430. The maximum atomic E-state index is 13.9. The second-order valence-corrected chi connectivity index (χ2v) is 8.85. The lowest BCUT2D eigenvalue weighted by Gasteiger charge is -2.33. The Hall–Kier alpha value is -3.19. The van der Waals surface area contributed by atoms with E-state index in [-0.39, 0.29) is 39.9 Å². The van der Waals surface area contributed by atoms with Gasteiger partial charge in [0.25, 0.3) is 5.56 Å². The lowest BCUT2D eigenvalue weighted by atomic mass is 10.1. The molecule has 168 valence electrons. The van der Waals surface area contributed by atoms with Crippen LogP contribution in [0.15, 0.2) is 46.2 Å². The van der Waals surface area contributed by atoms with Gasteiger partial charge in [-0.05, 0) is 30.2 Å². The minimum atomic E-state index is -0.687. The van der Waals surface area contributed by atoms with Gasteiger partial charge in [-0.3, -0.25) is 14.3 Å². The zero-order valence-corrected chi connectivity index (χ0v) is 18.6. The molecule has 0 spiro atoms. The van der Waals surface area contributed by atoms with Gasteiger partial charge in [-0.15, -0.1) is 0 Å². The van der Waals surface area contributed by atoms with Gasteiger partial charge in [-0.25, -0.2) is 13.8 Å². The number of halogens is 3. The van der Waals surface area contributed by atoms with Gasteiger partial charge in [-0.1, -0.05) is 29.3 Å². The van der Waals surface area contributed by atoms with Gasteiger partial charge in [0.1, 0.15) is 18.2 Å². The SMILES string of the molecule is N#CCn1c(N2C[C@H]3C[C@@H]2CN3)c(-c2ccc(F)c(Cl)c2)c(=O)n(-c2cncc(Cl)c2)c1=O. The van der Waals surface area contributed by atoms with Gasteiger partial charge in [0.2, 0.25) is 0 Å². The highest BCUT2D eigenvalue weighted by molar-refractivity contribution is 6.31. The fourth-order valence-electron chi connectivity index (χ4n) is 4.63. The molecule has 1 aromatic carbocycles. The van der Waals surface area contributed by atoms with Crippen LogP contribution in [0.2, 0.25) is 10.0 Å². The highest BCUT2D eigenvalue weighted by atomic mass is 35.5. The molecule has 2 aliphatic rings. The van der Waals surface area contributed by atoms with Crippen LogP contribution < -0.4 is 21.5 Å². The number of nitriles is 1. The van der Waals surface area contributed by atoms with Gasteiger partial charge in [-0.2, -0.15) is 5.26 Å². The number of benzene rings is 1. The molecule has 0 aliphatic carbocycles. The highest BCUT2D eigenvalue weighted by Crippen LogP contribution is 2.36. The number of piperazine rings is 1. The number of anilines is 1. The molecular formula is C22H17Cl2FN6O2. The van der Waals surface area contributed by atoms with E-state index in [1.807, 2.05) is 11.0 Å². The predicted octanol–water partition coefficient (Wildman–Crippen LogP) is 2.58. The van der Waals surface area contributed by atoms with Crippen LogP contribution in [0.3, 0.4) is 0 Å². The third-order valence-corrected chi connectivity index (χ3v) is 6.53. The minimum Gasteiger partial charge on any atom is -0.351 e. The Labute approximate surface area is 197 Å². The van der Waals surface area contributed by atoms with Gasteiger partial charge in [0.05, 0.1) is 33.6 Å². The fourth-order valence-corrected chi connectivity index (χ4v) is 4.98. The van der Waals surface area contributed by atoms with Gasteiger partial charge >= 0.3 is 5.69 Å². The van der Waals surface area contributed by atoms with E-state index in [0.717, 1.165) is 11.0 Å². The van der Waals surface area contributed by atoms with Crippen LogP contribution >= 0.6 is 23.2 Å². The van der Waals surface area contributed by atoms with Crippen LogP contribution in [-0.4, -0.2) is 39.3 Å². The second kappa shape index (κ2) is 8.30. The fraction of sp³-hybridized carbons (Fsp3) is 0.273. The number of fused-ring (bicyclic) bond motifs is 2. The lowest BCUT2D eigenvalue weighted by Crippen LogP contribution is -2.49. The molecule has 5 rings (SSSR count). The summed E-state index contributed by atoms with van der Waals surface area (Å²) >= 11 is 12.1. The molecule has 2 fully saturated rings. The van der Waals surface area contributed by atoms with Crippen LogP contribution in [0.25, 0.3) is 16.8 Å². The number of hydrogen-bond acceptors (Lipinski definition) is 6. The van der Waals surface area contributed by atoms with E-state index in [4.69, 9.17) is 23.2 Å². The van der Waals surface area contributed by atoms with Crippen LogP contribution in [0, 0.1) is 17.1 Å². The summed E-state index contributed by atoms with van der Waals surface area (Å²) < 4.78 is 16.1. The van der Waals surface area contributed by atoms with Crippen molar-refractivity contribution in [2.45, 2.75) is 25.0 Å². The molecular weight excluding hydrogens is 470 g/mol. The number of hydrogen-bond donors (Lipinski definition) is 1.